The Morgan fingerprint density at radius 3 is 2.25 bits per heavy atom. The van der Waals surface area contributed by atoms with Crippen LogP contribution in [0.25, 0.3) is 0 Å². The molecule has 0 spiro atoms. The molecule has 152 valence electrons. The number of carbonyl (C=O) groups is 2. The predicted octanol–water partition coefficient (Wildman–Crippen LogP) is 2.80. The van der Waals surface area contributed by atoms with Crippen molar-refractivity contribution in [3.63, 3.8) is 0 Å². The van der Waals surface area contributed by atoms with Crippen LogP contribution in [-0.2, 0) is 4.79 Å². The van der Waals surface area contributed by atoms with Gasteiger partial charge in [-0.1, -0.05) is 12.8 Å². The van der Waals surface area contributed by atoms with Crippen LogP contribution >= 0.6 is 0 Å². The summed E-state index contributed by atoms with van der Waals surface area (Å²) in [6.45, 7) is 5.33. The molecule has 0 aromatic heterocycles. The van der Waals surface area contributed by atoms with E-state index in [-0.39, 0.29) is 17.7 Å². The van der Waals surface area contributed by atoms with Crippen molar-refractivity contribution in [3.05, 3.63) is 23.8 Å². The number of hydrogen-bond donors (Lipinski definition) is 1. The van der Waals surface area contributed by atoms with Gasteiger partial charge < -0.3 is 20.0 Å². The van der Waals surface area contributed by atoms with Gasteiger partial charge in [-0.25, -0.2) is 0 Å². The molecule has 28 heavy (non-hydrogen) atoms. The molecule has 0 radical (unpaired) electrons. The van der Waals surface area contributed by atoms with Crippen LogP contribution in [0.4, 0.5) is 11.4 Å². The van der Waals surface area contributed by atoms with Crippen molar-refractivity contribution in [1.29, 1.82) is 0 Å². The lowest BCUT2D eigenvalue weighted by Gasteiger charge is -2.34. The Labute approximate surface area is 167 Å². The Hall–Kier alpha value is -2.08. The van der Waals surface area contributed by atoms with E-state index in [9.17, 15) is 9.59 Å². The predicted molar refractivity (Wildman–Crippen MR) is 112 cm³/mol. The van der Waals surface area contributed by atoms with E-state index in [1.807, 2.05) is 23.1 Å². The second-order valence-electron chi connectivity index (χ2n) is 8.49. The van der Waals surface area contributed by atoms with Crippen molar-refractivity contribution in [2.45, 2.75) is 38.5 Å². The van der Waals surface area contributed by atoms with Gasteiger partial charge >= 0.3 is 0 Å². The quantitative estimate of drug-likeness (QED) is 0.867. The van der Waals surface area contributed by atoms with E-state index in [1.54, 1.807) is 0 Å². The molecule has 6 heteroatoms. The Morgan fingerprint density at radius 1 is 0.929 bits per heavy atom. The molecule has 1 N–H and O–H groups in total. The van der Waals surface area contributed by atoms with E-state index in [1.165, 1.54) is 12.8 Å². The molecule has 1 aliphatic carbocycles. The smallest absolute Gasteiger partial charge is 0.256 e. The van der Waals surface area contributed by atoms with Crippen molar-refractivity contribution in [2.75, 3.05) is 56.5 Å². The molecule has 6 nitrogen and oxygen atoms in total. The highest BCUT2D eigenvalue weighted by molar-refractivity contribution is 6.02. The van der Waals surface area contributed by atoms with Gasteiger partial charge in [0, 0.05) is 50.9 Å². The number of rotatable bonds is 4. The summed E-state index contributed by atoms with van der Waals surface area (Å²) < 4.78 is 0. The molecule has 3 aliphatic rings. The maximum atomic E-state index is 13.3. The van der Waals surface area contributed by atoms with Crippen LogP contribution in [-0.4, -0.2) is 67.9 Å². The zero-order valence-corrected chi connectivity index (χ0v) is 17.0. The fraction of sp³-hybridized carbons (Fsp3) is 0.636. The number of carbonyl (C=O) groups excluding carboxylic acids is 2. The number of benzene rings is 1. The van der Waals surface area contributed by atoms with Crippen LogP contribution in [0.5, 0.6) is 0 Å². The van der Waals surface area contributed by atoms with E-state index in [2.05, 4.69) is 22.2 Å². The number of nitrogens with zero attached hydrogens (tertiary/aromatic N) is 3. The minimum Gasteiger partial charge on any atom is -0.371 e. The molecule has 2 saturated heterocycles. The highest BCUT2D eigenvalue weighted by Gasteiger charge is 2.30. The summed E-state index contributed by atoms with van der Waals surface area (Å²) in [5, 5.41) is 3.05. The second-order valence-corrected chi connectivity index (χ2v) is 8.49. The Balaban J connectivity index is 1.59. The second kappa shape index (κ2) is 8.52. The van der Waals surface area contributed by atoms with E-state index in [0.29, 0.717) is 0 Å². The number of amides is 2. The lowest BCUT2D eigenvalue weighted by molar-refractivity contribution is -0.117. The highest BCUT2D eigenvalue weighted by Crippen LogP contribution is 2.32. The normalized spacial score (nSPS) is 21.3. The third-order valence-electron chi connectivity index (χ3n) is 6.18. The average molecular weight is 385 g/mol. The van der Waals surface area contributed by atoms with Crippen LogP contribution in [0, 0.1) is 5.92 Å². The van der Waals surface area contributed by atoms with Gasteiger partial charge in [0.2, 0.25) is 5.91 Å². The Bertz CT molecular complexity index is 715. The van der Waals surface area contributed by atoms with E-state index >= 15 is 0 Å². The number of hydrogen-bond acceptors (Lipinski definition) is 4. The Kier molecular flexibility index (Phi) is 5.85. The molecule has 2 amide bonds. The van der Waals surface area contributed by atoms with Crippen molar-refractivity contribution in [3.8, 4) is 0 Å². The standard InChI is InChI=1S/C22H32N4O2/c1-24-12-14-26(15-13-24)22(28)19-9-8-18(23-21(27)17-6-7-17)16-20(19)25-10-4-2-3-5-11-25/h8-9,16-17H,2-7,10-15H2,1H3,(H,23,27). The first kappa shape index (κ1) is 19.2. The molecule has 3 fully saturated rings. The minimum absolute atomic E-state index is 0.111. The van der Waals surface area contributed by atoms with Gasteiger partial charge in [-0.3, -0.25) is 9.59 Å². The average Bonchev–Trinajstić information content (AvgIpc) is 3.55. The Morgan fingerprint density at radius 2 is 1.61 bits per heavy atom. The zero-order chi connectivity index (χ0) is 19.5. The summed E-state index contributed by atoms with van der Waals surface area (Å²) >= 11 is 0. The molecule has 4 rings (SSSR count). The van der Waals surface area contributed by atoms with Crippen LogP contribution in [0.2, 0.25) is 0 Å². The summed E-state index contributed by atoms with van der Waals surface area (Å²) in [6, 6.07) is 5.84. The van der Waals surface area contributed by atoms with Crippen molar-refractivity contribution in [2.24, 2.45) is 5.92 Å². The molecule has 1 aromatic carbocycles. The summed E-state index contributed by atoms with van der Waals surface area (Å²) in [5.41, 5.74) is 2.57. The largest absolute Gasteiger partial charge is 0.371 e. The van der Waals surface area contributed by atoms with E-state index in [4.69, 9.17) is 0 Å². The molecule has 2 heterocycles. The number of nitrogens with one attached hydrogen (secondary N) is 1. The molecule has 0 unspecified atom stereocenters. The fourth-order valence-corrected chi connectivity index (χ4v) is 4.13. The SMILES string of the molecule is CN1CCN(C(=O)c2ccc(NC(=O)C3CC3)cc2N2CCCCCC2)CC1. The third kappa shape index (κ3) is 4.49. The molecule has 0 bridgehead atoms. The van der Waals surface area contributed by atoms with Gasteiger partial charge in [0.1, 0.15) is 0 Å². The van der Waals surface area contributed by atoms with Gasteiger partial charge in [0.15, 0.2) is 0 Å². The molecular formula is C22H32N4O2. The number of anilines is 2. The summed E-state index contributed by atoms with van der Waals surface area (Å²) in [6.07, 6.45) is 6.78. The van der Waals surface area contributed by atoms with Crippen molar-refractivity contribution in [1.82, 2.24) is 9.80 Å². The van der Waals surface area contributed by atoms with Crippen molar-refractivity contribution < 1.29 is 9.59 Å². The topological polar surface area (TPSA) is 55.9 Å². The monoisotopic (exact) mass is 384 g/mol. The maximum absolute atomic E-state index is 13.3. The van der Waals surface area contributed by atoms with E-state index in [0.717, 1.165) is 81.9 Å². The molecule has 1 saturated carbocycles. The van der Waals surface area contributed by atoms with Crippen LogP contribution in [0.15, 0.2) is 18.2 Å². The fourth-order valence-electron chi connectivity index (χ4n) is 4.13. The number of likely N-dealkylation sites (N-methyl/N-ethyl adjacent to an activating group) is 1. The summed E-state index contributed by atoms with van der Waals surface area (Å²) in [7, 11) is 2.10. The lowest BCUT2D eigenvalue weighted by Crippen LogP contribution is -2.47. The van der Waals surface area contributed by atoms with Gasteiger partial charge in [-0.05, 0) is 50.9 Å². The maximum Gasteiger partial charge on any atom is 0.256 e. The third-order valence-corrected chi connectivity index (χ3v) is 6.18. The van der Waals surface area contributed by atoms with Gasteiger partial charge in [-0.15, -0.1) is 0 Å². The molecule has 2 aliphatic heterocycles. The molecular weight excluding hydrogens is 352 g/mol. The first-order valence-electron chi connectivity index (χ1n) is 10.8. The summed E-state index contributed by atoms with van der Waals surface area (Å²) in [4.78, 5) is 32.1. The lowest BCUT2D eigenvalue weighted by atomic mass is 10.1. The van der Waals surface area contributed by atoms with Gasteiger partial charge in [0.25, 0.3) is 5.91 Å². The van der Waals surface area contributed by atoms with E-state index < -0.39 is 0 Å². The van der Waals surface area contributed by atoms with Crippen LogP contribution < -0.4 is 10.2 Å². The van der Waals surface area contributed by atoms with Crippen LogP contribution in [0.3, 0.4) is 0 Å². The van der Waals surface area contributed by atoms with Gasteiger partial charge in [0.05, 0.1) is 11.3 Å². The minimum atomic E-state index is 0.111. The highest BCUT2D eigenvalue weighted by atomic mass is 16.2. The van der Waals surface area contributed by atoms with Crippen molar-refractivity contribution >= 4 is 23.2 Å². The van der Waals surface area contributed by atoms with Crippen LogP contribution in [0.1, 0.15) is 48.9 Å². The number of piperazine rings is 1. The van der Waals surface area contributed by atoms with Gasteiger partial charge in [-0.2, -0.15) is 0 Å². The first-order valence-corrected chi connectivity index (χ1v) is 10.8. The summed E-state index contributed by atoms with van der Waals surface area (Å²) in [5.74, 6) is 0.403. The molecule has 1 aromatic rings. The molecule has 0 atom stereocenters. The zero-order valence-electron chi connectivity index (χ0n) is 17.0. The first-order chi connectivity index (χ1) is 13.6.